The van der Waals surface area contributed by atoms with Crippen LogP contribution in [-0.4, -0.2) is 11.7 Å². The van der Waals surface area contributed by atoms with Crippen molar-refractivity contribution in [3.63, 3.8) is 0 Å². The van der Waals surface area contributed by atoms with Gasteiger partial charge in [0.1, 0.15) is 0 Å². The Hall–Kier alpha value is -0.300. The van der Waals surface area contributed by atoms with Crippen molar-refractivity contribution in [3.8, 4) is 0 Å². The molecule has 0 aromatic carbocycles. The van der Waals surface area contributed by atoms with E-state index in [0.717, 1.165) is 12.8 Å². The zero-order chi connectivity index (χ0) is 13.1. The van der Waals surface area contributed by atoms with Crippen molar-refractivity contribution in [1.29, 1.82) is 0 Å². The highest BCUT2D eigenvalue weighted by atomic mass is 16.5. The summed E-state index contributed by atoms with van der Waals surface area (Å²) in [5, 5.41) is 0. The van der Waals surface area contributed by atoms with Crippen molar-refractivity contribution in [1.82, 2.24) is 0 Å². The predicted octanol–water partition coefficient (Wildman–Crippen LogP) is 4.96. The Morgan fingerprint density at radius 2 is 2.00 bits per heavy atom. The minimum Gasteiger partial charge on any atom is -0.371 e. The van der Waals surface area contributed by atoms with Gasteiger partial charge in [-0.1, -0.05) is 46.3 Å². The summed E-state index contributed by atoms with van der Waals surface area (Å²) in [6.07, 6.45) is 9.77. The first kappa shape index (κ1) is 14.8. The average Bonchev–Trinajstić information content (AvgIpc) is 2.24. The zero-order valence-electron chi connectivity index (χ0n) is 12.5. The van der Waals surface area contributed by atoms with Gasteiger partial charge in [-0.15, -0.1) is 0 Å². The molecule has 3 atom stereocenters. The third-order valence-corrected chi connectivity index (χ3v) is 4.52. The van der Waals surface area contributed by atoms with E-state index in [1.807, 2.05) is 0 Å². The first-order chi connectivity index (χ1) is 7.92. The van der Waals surface area contributed by atoms with E-state index in [2.05, 4.69) is 53.7 Å². The van der Waals surface area contributed by atoms with E-state index in [0.29, 0.717) is 12.0 Å². The Labute approximate surface area is 108 Å². The lowest BCUT2D eigenvalue weighted by molar-refractivity contribution is -0.183. The van der Waals surface area contributed by atoms with Gasteiger partial charge in [-0.2, -0.15) is 0 Å². The fourth-order valence-electron chi connectivity index (χ4n) is 3.78. The Balaban J connectivity index is 3.12. The Kier molecular flexibility index (Phi) is 4.83. The molecule has 0 bridgehead atoms. The summed E-state index contributed by atoms with van der Waals surface area (Å²) in [4.78, 5) is 0. The number of hydrogen-bond acceptors (Lipinski definition) is 1. The molecule has 0 N–H and O–H groups in total. The molecule has 0 spiro atoms. The minimum atomic E-state index is 0.0198. The van der Waals surface area contributed by atoms with Crippen molar-refractivity contribution in [2.24, 2.45) is 11.3 Å². The lowest BCUT2D eigenvalue weighted by Gasteiger charge is -2.54. The normalized spacial score (nSPS) is 37.7. The number of allylic oxidation sites excluding steroid dienone is 1. The van der Waals surface area contributed by atoms with Gasteiger partial charge >= 0.3 is 0 Å². The molecule has 1 aliphatic rings. The minimum absolute atomic E-state index is 0.0198. The van der Waals surface area contributed by atoms with Crippen LogP contribution in [0.3, 0.4) is 0 Å². The standard InChI is InChI=1S/C16H30O/c1-7-11-15(6)12-9-10-14(5)16(15,8-2)17-13(3)4/h9-10,13-14H,7-8,11-12H2,1-6H3/t14?,15-,16?/m1/s1. The summed E-state index contributed by atoms with van der Waals surface area (Å²) in [5.74, 6) is 0.514. The van der Waals surface area contributed by atoms with Crippen molar-refractivity contribution in [3.05, 3.63) is 12.2 Å². The fourth-order valence-corrected chi connectivity index (χ4v) is 3.78. The van der Waals surface area contributed by atoms with Crippen LogP contribution in [0.4, 0.5) is 0 Å². The van der Waals surface area contributed by atoms with Crippen LogP contribution in [0, 0.1) is 11.3 Å². The molecule has 0 saturated carbocycles. The molecule has 0 aromatic rings. The van der Waals surface area contributed by atoms with Crippen LogP contribution >= 0.6 is 0 Å². The molecule has 2 unspecified atom stereocenters. The zero-order valence-corrected chi connectivity index (χ0v) is 12.5. The van der Waals surface area contributed by atoms with Crippen LogP contribution in [0.15, 0.2) is 12.2 Å². The van der Waals surface area contributed by atoms with Gasteiger partial charge in [0.25, 0.3) is 0 Å². The second kappa shape index (κ2) is 5.56. The van der Waals surface area contributed by atoms with E-state index >= 15 is 0 Å². The third-order valence-electron chi connectivity index (χ3n) is 4.52. The summed E-state index contributed by atoms with van der Waals surface area (Å²) in [6.45, 7) is 13.6. The van der Waals surface area contributed by atoms with Gasteiger partial charge in [0, 0.05) is 11.3 Å². The molecule has 1 heteroatoms. The van der Waals surface area contributed by atoms with Crippen LogP contribution in [0.2, 0.25) is 0 Å². The van der Waals surface area contributed by atoms with Crippen LogP contribution < -0.4 is 0 Å². The molecule has 0 radical (unpaired) electrons. The predicted molar refractivity (Wildman–Crippen MR) is 75.2 cm³/mol. The highest BCUT2D eigenvalue weighted by Crippen LogP contribution is 2.52. The molecule has 1 rings (SSSR count). The van der Waals surface area contributed by atoms with Crippen molar-refractivity contribution < 1.29 is 4.74 Å². The van der Waals surface area contributed by atoms with Gasteiger partial charge in [0.2, 0.25) is 0 Å². The molecular weight excluding hydrogens is 208 g/mol. The number of ether oxygens (including phenoxy) is 1. The second-order valence-electron chi connectivity index (χ2n) is 6.14. The SMILES string of the molecule is CCC[C@]1(C)CC=CC(C)C1(CC)OC(C)C. The lowest BCUT2D eigenvalue weighted by Crippen LogP contribution is -2.55. The molecule has 1 nitrogen and oxygen atoms in total. The second-order valence-corrected chi connectivity index (χ2v) is 6.14. The van der Waals surface area contributed by atoms with Gasteiger partial charge in [0.15, 0.2) is 0 Å². The van der Waals surface area contributed by atoms with E-state index < -0.39 is 0 Å². The van der Waals surface area contributed by atoms with Crippen molar-refractivity contribution in [2.75, 3.05) is 0 Å². The molecule has 0 saturated heterocycles. The van der Waals surface area contributed by atoms with E-state index in [-0.39, 0.29) is 11.0 Å². The smallest absolute Gasteiger partial charge is 0.0799 e. The van der Waals surface area contributed by atoms with E-state index in [9.17, 15) is 0 Å². The molecule has 1 aliphatic carbocycles. The van der Waals surface area contributed by atoms with Crippen LogP contribution in [0.5, 0.6) is 0 Å². The molecule has 0 amide bonds. The van der Waals surface area contributed by atoms with Crippen molar-refractivity contribution in [2.45, 2.75) is 78.9 Å². The maximum Gasteiger partial charge on any atom is 0.0799 e. The summed E-state index contributed by atoms with van der Waals surface area (Å²) in [5.41, 5.74) is 0.306. The first-order valence-corrected chi connectivity index (χ1v) is 7.26. The van der Waals surface area contributed by atoms with Crippen LogP contribution in [0.25, 0.3) is 0 Å². The highest BCUT2D eigenvalue weighted by molar-refractivity contribution is 5.13. The summed E-state index contributed by atoms with van der Waals surface area (Å²) in [7, 11) is 0. The fraction of sp³-hybridized carbons (Fsp3) is 0.875. The molecule has 0 aliphatic heterocycles. The topological polar surface area (TPSA) is 9.23 Å². The molecule has 0 aromatic heterocycles. The number of rotatable bonds is 5. The largest absolute Gasteiger partial charge is 0.371 e. The molecule has 0 heterocycles. The highest BCUT2D eigenvalue weighted by Gasteiger charge is 2.51. The number of hydrogen-bond donors (Lipinski definition) is 0. The Bertz CT molecular complexity index is 269. The maximum absolute atomic E-state index is 6.46. The summed E-state index contributed by atoms with van der Waals surface area (Å²) < 4.78 is 6.46. The molecular formula is C16H30O. The van der Waals surface area contributed by atoms with Crippen LogP contribution in [0.1, 0.15) is 67.2 Å². The molecule has 100 valence electrons. The van der Waals surface area contributed by atoms with Gasteiger partial charge in [-0.25, -0.2) is 0 Å². The van der Waals surface area contributed by atoms with E-state index in [1.165, 1.54) is 12.8 Å². The Morgan fingerprint density at radius 3 is 2.47 bits per heavy atom. The van der Waals surface area contributed by atoms with Gasteiger partial charge < -0.3 is 4.74 Å². The van der Waals surface area contributed by atoms with Crippen molar-refractivity contribution >= 4 is 0 Å². The van der Waals surface area contributed by atoms with E-state index in [1.54, 1.807) is 0 Å². The van der Waals surface area contributed by atoms with Gasteiger partial charge in [-0.05, 0) is 33.1 Å². The molecule has 17 heavy (non-hydrogen) atoms. The van der Waals surface area contributed by atoms with Crippen LogP contribution in [-0.2, 0) is 4.74 Å². The lowest BCUT2D eigenvalue weighted by atomic mass is 9.59. The van der Waals surface area contributed by atoms with E-state index in [4.69, 9.17) is 4.74 Å². The average molecular weight is 238 g/mol. The third kappa shape index (κ3) is 2.59. The molecule has 0 fully saturated rings. The monoisotopic (exact) mass is 238 g/mol. The quantitative estimate of drug-likeness (QED) is 0.615. The Morgan fingerprint density at radius 1 is 1.35 bits per heavy atom. The van der Waals surface area contributed by atoms with Gasteiger partial charge in [0.05, 0.1) is 11.7 Å². The van der Waals surface area contributed by atoms with Gasteiger partial charge in [-0.3, -0.25) is 0 Å². The summed E-state index contributed by atoms with van der Waals surface area (Å²) >= 11 is 0. The first-order valence-electron chi connectivity index (χ1n) is 7.26. The summed E-state index contributed by atoms with van der Waals surface area (Å²) in [6, 6.07) is 0. The maximum atomic E-state index is 6.46.